The highest BCUT2D eigenvalue weighted by Gasteiger charge is 2.68. The number of hydrogen-bond donors (Lipinski definition) is 1. The Labute approximate surface area is 62.5 Å². The molecule has 0 saturated carbocycles. The lowest BCUT2D eigenvalue weighted by Gasteiger charge is -2.29. The molecule has 0 bridgehead atoms. The highest BCUT2D eigenvalue weighted by atomic mass is 19.4. The minimum Gasteiger partial charge on any atom is -0.226 e. The molecule has 0 aliphatic rings. The van der Waals surface area contributed by atoms with Crippen molar-refractivity contribution in [3.8, 4) is 0 Å². The van der Waals surface area contributed by atoms with E-state index in [2.05, 4.69) is 0 Å². The van der Waals surface area contributed by atoms with Gasteiger partial charge in [0.25, 0.3) is 5.67 Å². The van der Waals surface area contributed by atoms with Gasteiger partial charge in [-0.3, -0.25) is 0 Å². The molecule has 0 radical (unpaired) electrons. The molecule has 0 aromatic carbocycles. The molecule has 1 N–H and O–H groups in total. The average molecular weight is 199 g/mol. The Bertz CT molecular complexity index is 159. The third kappa shape index (κ3) is 1.62. The Kier molecular flexibility index (Phi) is 2.63. The van der Waals surface area contributed by atoms with Gasteiger partial charge in [0.2, 0.25) is 0 Å². The van der Waals surface area contributed by atoms with E-state index in [1.807, 2.05) is 0 Å². The van der Waals surface area contributed by atoms with E-state index in [0.29, 0.717) is 0 Å². The van der Waals surface area contributed by atoms with Crippen LogP contribution in [0.25, 0.3) is 0 Å². The molecule has 0 spiro atoms. The van der Waals surface area contributed by atoms with Crippen molar-refractivity contribution in [3.05, 3.63) is 0 Å². The standard InChI is InChI=1S/C4H4F7N/c1-2(5,3(6,7)8)4(9,10)12-11/h12H,1H3. The summed E-state index contributed by atoms with van der Waals surface area (Å²) >= 11 is 0. The van der Waals surface area contributed by atoms with Gasteiger partial charge in [0.15, 0.2) is 0 Å². The first kappa shape index (κ1) is 11.5. The zero-order valence-corrected chi connectivity index (χ0v) is 5.65. The largest absolute Gasteiger partial charge is 0.429 e. The lowest BCUT2D eigenvalue weighted by atomic mass is 10.1. The van der Waals surface area contributed by atoms with Crippen LogP contribution in [0.1, 0.15) is 6.92 Å². The van der Waals surface area contributed by atoms with Gasteiger partial charge in [-0.05, 0) is 6.92 Å². The summed E-state index contributed by atoms with van der Waals surface area (Å²) < 4.78 is 81.3. The third-order valence-electron chi connectivity index (χ3n) is 1.24. The van der Waals surface area contributed by atoms with Gasteiger partial charge in [0.05, 0.1) is 0 Å². The molecule has 1 atom stereocenters. The summed E-state index contributed by atoms with van der Waals surface area (Å²) in [6.07, 6.45) is -5.84. The number of nitrogens with one attached hydrogen (secondary N) is 1. The van der Waals surface area contributed by atoms with Crippen molar-refractivity contribution in [3.63, 3.8) is 0 Å². The highest BCUT2D eigenvalue weighted by Crippen LogP contribution is 2.43. The molecule has 0 amide bonds. The summed E-state index contributed by atoms with van der Waals surface area (Å²) in [5.41, 5.74) is -5.48. The fourth-order valence-electron chi connectivity index (χ4n) is 0.267. The molecule has 0 saturated heterocycles. The third-order valence-corrected chi connectivity index (χ3v) is 1.24. The molecule has 1 nitrogen and oxygen atoms in total. The van der Waals surface area contributed by atoms with E-state index >= 15 is 0 Å². The van der Waals surface area contributed by atoms with Crippen LogP contribution in [-0.4, -0.2) is 17.9 Å². The Morgan fingerprint density at radius 3 is 1.33 bits per heavy atom. The lowest BCUT2D eigenvalue weighted by Crippen LogP contribution is -2.58. The molecule has 74 valence electrons. The number of halogens is 7. The second kappa shape index (κ2) is 2.75. The van der Waals surface area contributed by atoms with Crippen LogP contribution in [0.4, 0.5) is 30.8 Å². The monoisotopic (exact) mass is 199 g/mol. The van der Waals surface area contributed by atoms with E-state index in [1.54, 1.807) is 0 Å². The van der Waals surface area contributed by atoms with Crippen molar-refractivity contribution in [2.45, 2.75) is 24.8 Å². The number of alkyl halides is 6. The molecule has 8 heteroatoms. The van der Waals surface area contributed by atoms with Crippen LogP contribution in [0.2, 0.25) is 0 Å². The summed E-state index contributed by atoms with van der Waals surface area (Å²) in [6.45, 7) is -0.459. The van der Waals surface area contributed by atoms with Gasteiger partial charge in [0.1, 0.15) is 0 Å². The molecular formula is C4H4F7N. The Hall–Kier alpha value is -0.530. The zero-order valence-electron chi connectivity index (χ0n) is 5.65. The minimum absolute atomic E-state index is 0.459. The first-order chi connectivity index (χ1) is 5.06. The van der Waals surface area contributed by atoms with Crippen LogP contribution >= 0.6 is 0 Å². The van der Waals surface area contributed by atoms with Gasteiger partial charge >= 0.3 is 12.2 Å². The van der Waals surface area contributed by atoms with E-state index in [1.165, 1.54) is 0 Å². The fraction of sp³-hybridized carbons (Fsp3) is 1.00. The van der Waals surface area contributed by atoms with E-state index in [0.717, 1.165) is 0 Å². The Morgan fingerprint density at radius 2 is 1.25 bits per heavy atom. The smallest absolute Gasteiger partial charge is 0.226 e. The Balaban J connectivity index is 4.85. The number of rotatable bonds is 2. The Morgan fingerprint density at radius 1 is 0.917 bits per heavy atom. The second-order valence-electron chi connectivity index (χ2n) is 2.17. The summed E-state index contributed by atoms with van der Waals surface area (Å²) in [7, 11) is 0. The fourth-order valence-corrected chi connectivity index (χ4v) is 0.267. The zero-order chi connectivity index (χ0) is 10.2. The van der Waals surface area contributed by atoms with Crippen LogP contribution in [0.5, 0.6) is 0 Å². The molecule has 0 rings (SSSR count). The van der Waals surface area contributed by atoms with Crippen LogP contribution in [0, 0.1) is 0 Å². The maximum absolute atomic E-state index is 12.2. The predicted octanol–water partition coefficient (Wildman–Crippen LogP) is 2.34. The average Bonchev–Trinajstić information content (AvgIpc) is 1.85. The van der Waals surface area contributed by atoms with Gasteiger partial charge in [-0.2, -0.15) is 22.0 Å². The van der Waals surface area contributed by atoms with Crippen LogP contribution in [0.15, 0.2) is 0 Å². The molecule has 0 aromatic rings. The molecule has 0 heterocycles. The van der Waals surface area contributed by atoms with Crippen molar-refractivity contribution in [1.82, 2.24) is 5.54 Å². The summed E-state index contributed by atoms with van der Waals surface area (Å²) in [6, 6.07) is -5.29. The van der Waals surface area contributed by atoms with Crippen molar-refractivity contribution < 1.29 is 30.8 Å². The van der Waals surface area contributed by atoms with Gasteiger partial charge in [-0.15, -0.1) is 4.48 Å². The van der Waals surface area contributed by atoms with Gasteiger partial charge in [0, 0.05) is 0 Å². The lowest BCUT2D eigenvalue weighted by molar-refractivity contribution is -0.314. The van der Waals surface area contributed by atoms with Gasteiger partial charge < -0.3 is 0 Å². The summed E-state index contributed by atoms with van der Waals surface area (Å²) in [4.78, 5) is 0. The van der Waals surface area contributed by atoms with Crippen LogP contribution in [-0.2, 0) is 0 Å². The quantitative estimate of drug-likeness (QED) is 0.409. The number of hydrogen-bond acceptors (Lipinski definition) is 1. The highest BCUT2D eigenvalue weighted by molar-refractivity contribution is 4.92. The SMILES string of the molecule is CC(F)(C(F)(F)F)C(F)(F)NF. The van der Waals surface area contributed by atoms with E-state index < -0.39 is 30.4 Å². The molecule has 12 heavy (non-hydrogen) atoms. The van der Waals surface area contributed by atoms with E-state index in [9.17, 15) is 30.8 Å². The second-order valence-corrected chi connectivity index (χ2v) is 2.17. The van der Waals surface area contributed by atoms with Crippen LogP contribution in [0.3, 0.4) is 0 Å². The molecule has 0 aliphatic carbocycles. The first-order valence-electron chi connectivity index (χ1n) is 2.57. The molecule has 1 unspecified atom stereocenters. The van der Waals surface area contributed by atoms with Crippen molar-refractivity contribution in [2.24, 2.45) is 0 Å². The van der Waals surface area contributed by atoms with E-state index in [-0.39, 0.29) is 0 Å². The molecule has 0 fully saturated rings. The van der Waals surface area contributed by atoms with Crippen molar-refractivity contribution in [1.29, 1.82) is 0 Å². The normalized spacial score (nSPS) is 19.0. The topological polar surface area (TPSA) is 12.0 Å². The summed E-state index contributed by atoms with van der Waals surface area (Å²) in [5.74, 6) is 0. The first-order valence-corrected chi connectivity index (χ1v) is 2.57. The van der Waals surface area contributed by atoms with Crippen molar-refractivity contribution >= 4 is 0 Å². The van der Waals surface area contributed by atoms with Crippen LogP contribution < -0.4 is 5.54 Å². The van der Waals surface area contributed by atoms with Gasteiger partial charge in [-0.1, -0.05) is 5.54 Å². The minimum atomic E-state index is -5.84. The molecule has 0 aromatic heterocycles. The summed E-state index contributed by atoms with van der Waals surface area (Å²) in [5, 5.41) is 0. The molecule has 0 aliphatic heterocycles. The van der Waals surface area contributed by atoms with Crippen molar-refractivity contribution in [2.75, 3.05) is 0 Å². The van der Waals surface area contributed by atoms with E-state index in [4.69, 9.17) is 0 Å². The maximum Gasteiger partial charge on any atom is 0.429 e. The molecular weight excluding hydrogens is 195 g/mol. The predicted molar refractivity (Wildman–Crippen MR) is 24.8 cm³/mol. The van der Waals surface area contributed by atoms with Gasteiger partial charge in [-0.25, -0.2) is 4.39 Å². The maximum atomic E-state index is 12.2.